The van der Waals surface area contributed by atoms with E-state index in [4.69, 9.17) is 22.1 Å². The highest BCUT2D eigenvalue weighted by Gasteiger charge is 2.35. The molecule has 0 aliphatic carbocycles. The molecule has 1 atom stereocenters. The maximum absolute atomic E-state index is 11.8. The molecule has 0 aromatic heterocycles. The third-order valence-electron chi connectivity index (χ3n) is 2.56. The van der Waals surface area contributed by atoms with Crippen molar-refractivity contribution in [2.24, 2.45) is 5.73 Å². The van der Waals surface area contributed by atoms with Crippen molar-refractivity contribution in [1.82, 2.24) is 0 Å². The molecular formula is C12H16ClNO2. The Morgan fingerprint density at radius 2 is 1.94 bits per heavy atom. The zero-order chi connectivity index (χ0) is 12.2. The Hall–Kier alpha value is -1.06. The van der Waals surface area contributed by atoms with Crippen LogP contribution in [0, 0.1) is 0 Å². The van der Waals surface area contributed by atoms with Crippen molar-refractivity contribution in [2.75, 3.05) is 6.61 Å². The van der Waals surface area contributed by atoms with Gasteiger partial charge in [0.05, 0.1) is 6.61 Å². The van der Waals surface area contributed by atoms with E-state index in [9.17, 15) is 4.79 Å². The van der Waals surface area contributed by atoms with E-state index in [0.717, 1.165) is 5.56 Å². The van der Waals surface area contributed by atoms with Crippen molar-refractivity contribution >= 4 is 17.6 Å². The quantitative estimate of drug-likeness (QED) is 0.824. The van der Waals surface area contributed by atoms with Crippen molar-refractivity contribution in [3.8, 4) is 0 Å². The van der Waals surface area contributed by atoms with Crippen LogP contribution in [0.25, 0.3) is 0 Å². The molecular weight excluding hydrogens is 226 g/mol. The minimum atomic E-state index is -1.08. The Morgan fingerprint density at radius 3 is 2.38 bits per heavy atom. The van der Waals surface area contributed by atoms with Crippen molar-refractivity contribution in [3.05, 3.63) is 34.9 Å². The third kappa shape index (κ3) is 2.54. The van der Waals surface area contributed by atoms with Gasteiger partial charge in [0, 0.05) is 5.02 Å². The summed E-state index contributed by atoms with van der Waals surface area (Å²) in [5.41, 5.74) is 5.72. The predicted molar refractivity (Wildman–Crippen MR) is 64.2 cm³/mol. The SMILES string of the molecule is CCOC(=O)C(N)(CC)c1ccc(Cl)cc1. The first-order chi connectivity index (χ1) is 7.54. The Bertz CT molecular complexity index is 364. The Balaban J connectivity index is 3.04. The molecule has 4 heteroatoms. The molecule has 0 heterocycles. The fourth-order valence-electron chi connectivity index (χ4n) is 1.47. The first-order valence-electron chi connectivity index (χ1n) is 5.26. The number of hydrogen-bond donors (Lipinski definition) is 1. The lowest BCUT2D eigenvalue weighted by atomic mass is 9.88. The second kappa shape index (κ2) is 5.32. The normalized spacial score (nSPS) is 14.2. The maximum Gasteiger partial charge on any atom is 0.330 e. The van der Waals surface area contributed by atoms with Gasteiger partial charge >= 0.3 is 5.97 Å². The minimum Gasteiger partial charge on any atom is -0.464 e. The fourth-order valence-corrected chi connectivity index (χ4v) is 1.60. The monoisotopic (exact) mass is 241 g/mol. The van der Waals surface area contributed by atoms with Gasteiger partial charge in [0.2, 0.25) is 0 Å². The van der Waals surface area contributed by atoms with Crippen LogP contribution in [0.2, 0.25) is 5.02 Å². The number of carbonyl (C=O) groups is 1. The lowest BCUT2D eigenvalue weighted by molar-refractivity contribution is -0.150. The average Bonchev–Trinajstić information content (AvgIpc) is 2.29. The van der Waals surface area contributed by atoms with E-state index in [-0.39, 0.29) is 0 Å². The summed E-state index contributed by atoms with van der Waals surface area (Å²) in [7, 11) is 0. The summed E-state index contributed by atoms with van der Waals surface area (Å²) < 4.78 is 4.99. The molecule has 0 radical (unpaired) electrons. The van der Waals surface area contributed by atoms with Crippen molar-refractivity contribution in [1.29, 1.82) is 0 Å². The summed E-state index contributed by atoms with van der Waals surface area (Å²) >= 11 is 5.79. The smallest absolute Gasteiger partial charge is 0.330 e. The van der Waals surface area contributed by atoms with E-state index < -0.39 is 11.5 Å². The van der Waals surface area contributed by atoms with Gasteiger partial charge in [-0.2, -0.15) is 0 Å². The molecule has 2 N–H and O–H groups in total. The van der Waals surface area contributed by atoms with Crippen LogP contribution in [-0.4, -0.2) is 12.6 Å². The summed E-state index contributed by atoms with van der Waals surface area (Å²) in [6.45, 7) is 3.94. The fraction of sp³-hybridized carbons (Fsp3) is 0.417. The van der Waals surface area contributed by atoms with Crippen LogP contribution in [-0.2, 0) is 15.1 Å². The van der Waals surface area contributed by atoms with E-state index in [1.807, 2.05) is 6.92 Å². The second-order valence-electron chi connectivity index (χ2n) is 3.55. The summed E-state index contributed by atoms with van der Waals surface area (Å²) in [6, 6.07) is 6.94. The number of benzene rings is 1. The van der Waals surface area contributed by atoms with Gasteiger partial charge < -0.3 is 10.5 Å². The number of carbonyl (C=O) groups excluding carboxylic acids is 1. The lowest BCUT2D eigenvalue weighted by Gasteiger charge is -2.26. The molecule has 1 aromatic carbocycles. The highest BCUT2D eigenvalue weighted by atomic mass is 35.5. The molecule has 0 amide bonds. The summed E-state index contributed by atoms with van der Waals surface area (Å²) in [6.07, 6.45) is 0.480. The number of nitrogens with two attached hydrogens (primary N) is 1. The molecule has 0 bridgehead atoms. The lowest BCUT2D eigenvalue weighted by Crippen LogP contribution is -2.45. The predicted octanol–water partition coefficient (Wildman–Crippen LogP) is 2.47. The van der Waals surface area contributed by atoms with Crippen LogP contribution in [0.15, 0.2) is 24.3 Å². The Morgan fingerprint density at radius 1 is 1.38 bits per heavy atom. The second-order valence-corrected chi connectivity index (χ2v) is 3.99. The first-order valence-corrected chi connectivity index (χ1v) is 5.64. The van der Waals surface area contributed by atoms with E-state index in [0.29, 0.717) is 18.1 Å². The molecule has 16 heavy (non-hydrogen) atoms. The Labute approximate surface area is 101 Å². The highest BCUT2D eigenvalue weighted by Crippen LogP contribution is 2.25. The average molecular weight is 242 g/mol. The molecule has 1 unspecified atom stereocenters. The molecule has 0 aliphatic heterocycles. The molecule has 3 nitrogen and oxygen atoms in total. The maximum atomic E-state index is 11.8. The van der Waals surface area contributed by atoms with E-state index in [2.05, 4.69) is 0 Å². The van der Waals surface area contributed by atoms with E-state index >= 15 is 0 Å². The summed E-state index contributed by atoms with van der Waals surface area (Å²) in [4.78, 5) is 11.8. The van der Waals surface area contributed by atoms with Crippen molar-refractivity contribution in [2.45, 2.75) is 25.8 Å². The van der Waals surface area contributed by atoms with E-state index in [1.165, 1.54) is 0 Å². The minimum absolute atomic E-state index is 0.325. The number of halogens is 1. The number of rotatable bonds is 4. The molecule has 0 fully saturated rings. The van der Waals surface area contributed by atoms with Crippen LogP contribution in [0.5, 0.6) is 0 Å². The van der Waals surface area contributed by atoms with Gasteiger partial charge in [-0.1, -0.05) is 30.7 Å². The van der Waals surface area contributed by atoms with Crippen molar-refractivity contribution in [3.63, 3.8) is 0 Å². The van der Waals surface area contributed by atoms with E-state index in [1.54, 1.807) is 31.2 Å². The number of hydrogen-bond acceptors (Lipinski definition) is 3. The van der Waals surface area contributed by atoms with Crippen LogP contribution < -0.4 is 5.73 Å². The molecule has 1 rings (SSSR count). The molecule has 0 saturated heterocycles. The van der Waals surface area contributed by atoms with Crippen LogP contribution in [0.4, 0.5) is 0 Å². The third-order valence-corrected chi connectivity index (χ3v) is 2.81. The molecule has 0 saturated carbocycles. The highest BCUT2D eigenvalue weighted by molar-refractivity contribution is 6.30. The number of ether oxygens (including phenoxy) is 1. The van der Waals surface area contributed by atoms with Crippen molar-refractivity contribution < 1.29 is 9.53 Å². The Kier molecular flexibility index (Phi) is 4.33. The molecule has 1 aromatic rings. The topological polar surface area (TPSA) is 52.3 Å². The molecule has 0 spiro atoms. The van der Waals surface area contributed by atoms with Gasteiger partial charge in [0.1, 0.15) is 5.54 Å². The van der Waals surface area contributed by atoms with Crippen LogP contribution in [0.3, 0.4) is 0 Å². The number of esters is 1. The first kappa shape index (κ1) is 13.0. The van der Waals surface area contributed by atoms with Crippen LogP contribution in [0.1, 0.15) is 25.8 Å². The summed E-state index contributed by atoms with van der Waals surface area (Å²) in [5.74, 6) is -0.403. The van der Waals surface area contributed by atoms with Gasteiger partial charge in [0.25, 0.3) is 0 Å². The molecule has 88 valence electrons. The zero-order valence-corrected chi connectivity index (χ0v) is 10.3. The van der Waals surface area contributed by atoms with Crippen LogP contribution >= 0.6 is 11.6 Å². The largest absolute Gasteiger partial charge is 0.464 e. The van der Waals surface area contributed by atoms with Gasteiger partial charge in [-0.15, -0.1) is 0 Å². The van der Waals surface area contributed by atoms with Gasteiger partial charge in [-0.25, -0.2) is 4.79 Å². The van der Waals surface area contributed by atoms with Gasteiger partial charge in [0.15, 0.2) is 0 Å². The van der Waals surface area contributed by atoms with Gasteiger partial charge in [-0.05, 0) is 31.0 Å². The molecule has 0 aliphatic rings. The zero-order valence-electron chi connectivity index (χ0n) is 9.50. The van der Waals surface area contributed by atoms with Gasteiger partial charge in [-0.3, -0.25) is 0 Å². The standard InChI is InChI=1S/C12H16ClNO2/c1-3-12(14,11(15)16-4-2)9-5-7-10(13)8-6-9/h5-8H,3-4,14H2,1-2H3. The summed E-state index contributed by atoms with van der Waals surface area (Å²) in [5, 5.41) is 0.617.